The molecule has 0 radical (unpaired) electrons. The van der Waals surface area contributed by atoms with Crippen molar-refractivity contribution in [3.8, 4) is 0 Å². The van der Waals surface area contributed by atoms with Gasteiger partial charge in [0.1, 0.15) is 5.54 Å². The Balaban J connectivity index is 2.43. The maximum Gasteiger partial charge on any atom is 0.327 e. The highest BCUT2D eigenvalue weighted by Crippen LogP contribution is 2.44. The minimum Gasteiger partial charge on any atom is -0.468 e. The summed E-state index contributed by atoms with van der Waals surface area (Å²) in [4.78, 5) is 12.2. The molecule has 6 heteroatoms. The van der Waals surface area contributed by atoms with Crippen LogP contribution in [0.3, 0.4) is 0 Å². The van der Waals surface area contributed by atoms with Crippen LogP contribution in [0.1, 0.15) is 39.2 Å². The predicted molar refractivity (Wildman–Crippen MR) is 84.6 cm³/mol. The molecule has 0 unspecified atom stereocenters. The molecule has 1 heterocycles. The van der Waals surface area contributed by atoms with Crippen molar-refractivity contribution in [2.75, 3.05) is 7.11 Å². The summed E-state index contributed by atoms with van der Waals surface area (Å²) in [6.07, 6.45) is 1.08. The lowest BCUT2D eigenvalue weighted by molar-refractivity contribution is -0.151. The smallest absolute Gasteiger partial charge is 0.327 e. The summed E-state index contributed by atoms with van der Waals surface area (Å²) < 4.78 is 32.2. The molecule has 1 aromatic carbocycles. The van der Waals surface area contributed by atoms with E-state index in [1.54, 1.807) is 31.2 Å². The maximum atomic E-state index is 13.0. The molecule has 0 aliphatic carbocycles. The number of methoxy groups -OCH3 is 1. The lowest BCUT2D eigenvalue weighted by Gasteiger charge is -2.39. The van der Waals surface area contributed by atoms with Crippen LogP contribution in [0.2, 0.25) is 0 Å². The number of hydrogen-bond donors (Lipinski definition) is 0. The first-order chi connectivity index (χ1) is 10.1. The van der Waals surface area contributed by atoms with E-state index in [1.807, 2.05) is 19.9 Å². The van der Waals surface area contributed by atoms with E-state index >= 15 is 0 Å². The van der Waals surface area contributed by atoms with Crippen molar-refractivity contribution in [2.45, 2.75) is 50.4 Å². The van der Waals surface area contributed by atoms with Gasteiger partial charge in [0, 0.05) is 5.54 Å². The number of rotatable bonds is 4. The summed E-state index contributed by atoms with van der Waals surface area (Å²) >= 11 is 0. The zero-order chi connectivity index (χ0) is 16.6. The second kappa shape index (κ2) is 5.66. The van der Waals surface area contributed by atoms with Gasteiger partial charge in [-0.05, 0) is 39.2 Å². The number of sulfonamides is 1. The SMILES string of the molecule is COC(=O)[C@@]1(C)CCC(C)(C)N1S(=O)(=O)Cc1ccccc1. The molecule has 2 rings (SSSR count). The van der Waals surface area contributed by atoms with Crippen molar-refractivity contribution in [3.05, 3.63) is 35.9 Å². The summed E-state index contributed by atoms with van der Waals surface area (Å²) in [6.45, 7) is 5.35. The molecule has 0 saturated carbocycles. The zero-order valence-corrected chi connectivity index (χ0v) is 14.3. The Morgan fingerprint density at radius 2 is 1.77 bits per heavy atom. The molecule has 22 heavy (non-hydrogen) atoms. The summed E-state index contributed by atoms with van der Waals surface area (Å²) in [5.41, 5.74) is -1.06. The van der Waals surface area contributed by atoms with E-state index in [-0.39, 0.29) is 5.75 Å². The summed E-state index contributed by atoms with van der Waals surface area (Å²) in [7, 11) is -2.36. The van der Waals surface area contributed by atoms with Crippen LogP contribution in [-0.4, -0.2) is 36.9 Å². The Morgan fingerprint density at radius 1 is 1.18 bits per heavy atom. The monoisotopic (exact) mass is 325 g/mol. The Morgan fingerprint density at radius 3 is 2.32 bits per heavy atom. The first kappa shape index (κ1) is 17.0. The molecule has 1 aliphatic rings. The van der Waals surface area contributed by atoms with Crippen LogP contribution in [-0.2, 0) is 25.3 Å². The first-order valence-corrected chi connectivity index (χ1v) is 8.90. The standard InChI is InChI=1S/C16H23NO4S/c1-15(2)10-11-16(3,14(18)21-4)17(15)22(19,20)12-13-8-6-5-7-9-13/h5-9H,10-12H2,1-4H3/t16-/m1/s1. The molecular formula is C16H23NO4S. The van der Waals surface area contributed by atoms with E-state index in [0.29, 0.717) is 18.4 Å². The molecular weight excluding hydrogens is 302 g/mol. The van der Waals surface area contributed by atoms with Gasteiger partial charge >= 0.3 is 5.97 Å². The molecule has 1 aromatic rings. The molecule has 5 nitrogen and oxygen atoms in total. The zero-order valence-electron chi connectivity index (χ0n) is 13.5. The third-order valence-electron chi connectivity index (χ3n) is 4.32. The van der Waals surface area contributed by atoms with Crippen LogP contribution < -0.4 is 0 Å². The van der Waals surface area contributed by atoms with Crippen molar-refractivity contribution in [3.63, 3.8) is 0 Å². The van der Waals surface area contributed by atoms with E-state index in [4.69, 9.17) is 4.74 Å². The van der Waals surface area contributed by atoms with Gasteiger partial charge in [0.2, 0.25) is 10.0 Å². The van der Waals surface area contributed by atoms with Crippen LogP contribution in [0, 0.1) is 0 Å². The van der Waals surface area contributed by atoms with Crippen molar-refractivity contribution in [1.29, 1.82) is 0 Å². The molecule has 0 bridgehead atoms. The Hall–Kier alpha value is -1.40. The highest BCUT2D eigenvalue weighted by molar-refractivity contribution is 7.88. The molecule has 1 saturated heterocycles. The topological polar surface area (TPSA) is 63.7 Å². The molecule has 1 fully saturated rings. The fourth-order valence-electron chi connectivity index (χ4n) is 3.36. The Labute approximate surface area is 132 Å². The average molecular weight is 325 g/mol. The number of esters is 1. The van der Waals surface area contributed by atoms with E-state index in [2.05, 4.69) is 0 Å². The number of nitrogens with zero attached hydrogens (tertiary/aromatic N) is 1. The fraction of sp³-hybridized carbons (Fsp3) is 0.562. The highest BCUT2D eigenvalue weighted by atomic mass is 32.2. The van der Waals surface area contributed by atoms with Crippen LogP contribution in [0.5, 0.6) is 0 Å². The molecule has 1 aliphatic heterocycles. The number of hydrogen-bond acceptors (Lipinski definition) is 4. The van der Waals surface area contributed by atoms with Gasteiger partial charge in [-0.3, -0.25) is 4.79 Å². The number of ether oxygens (including phenoxy) is 1. The van der Waals surface area contributed by atoms with Gasteiger partial charge in [-0.2, -0.15) is 4.31 Å². The molecule has 0 aromatic heterocycles. The van der Waals surface area contributed by atoms with E-state index in [9.17, 15) is 13.2 Å². The third-order valence-corrected chi connectivity index (χ3v) is 6.47. The summed E-state index contributed by atoms with van der Waals surface area (Å²) in [6, 6.07) is 9.00. The van der Waals surface area contributed by atoms with E-state index in [1.165, 1.54) is 11.4 Å². The lowest BCUT2D eigenvalue weighted by Crippen LogP contribution is -2.57. The van der Waals surface area contributed by atoms with E-state index in [0.717, 1.165) is 0 Å². The number of benzene rings is 1. The number of carbonyl (C=O) groups excluding carboxylic acids is 1. The molecule has 122 valence electrons. The molecule has 0 amide bonds. The second-order valence-corrected chi connectivity index (χ2v) is 8.40. The van der Waals surface area contributed by atoms with Gasteiger partial charge < -0.3 is 4.74 Å². The maximum absolute atomic E-state index is 13.0. The quantitative estimate of drug-likeness (QED) is 0.797. The van der Waals surface area contributed by atoms with E-state index < -0.39 is 27.1 Å². The molecule has 0 spiro atoms. The lowest BCUT2D eigenvalue weighted by atomic mass is 9.99. The Bertz CT molecular complexity index is 654. The fourth-order valence-corrected chi connectivity index (χ4v) is 5.73. The minimum atomic E-state index is -3.65. The second-order valence-electron chi connectivity index (χ2n) is 6.58. The average Bonchev–Trinajstić information content (AvgIpc) is 2.70. The predicted octanol–water partition coefficient (Wildman–Crippen LogP) is 2.32. The van der Waals surface area contributed by atoms with Crippen LogP contribution in [0.4, 0.5) is 0 Å². The summed E-state index contributed by atoms with van der Waals surface area (Å²) in [5, 5.41) is 0. The normalized spacial score (nSPS) is 25.1. The minimum absolute atomic E-state index is 0.121. The summed E-state index contributed by atoms with van der Waals surface area (Å²) in [5.74, 6) is -0.626. The molecule has 1 atom stereocenters. The van der Waals surface area contributed by atoms with Crippen molar-refractivity contribution in [2.24, 2.45) is 0 Å². The van der Waals surface area contributed by atoms with Crippen LogP contribution in [0.15, 0.2) is 30.3 Å². The van der Waals surface area contributed by atoms with Gasteiger partial charge in [-0.25, -0.2) is 8.42 Å². The van der Waals surface area contributed by atoms with Gasteiger partial charge in [0.15, 0.2) is 0 Å². The van der Waals surface area contributed by atoms with Crippen LogP contribution in [0.25, 0.3) is 0 Å². The number of carbonyl (C=O) groups is 1. The van der Waals surface area contributed by atoms with Gasteiger partial charge in [0.05, 0.1) is 12.9 Å². The van der Waals surface area contributed by atoms with Gasteiger partial charge in [0.25, 0.3) is 0 Å². The largest absolute Gasteiger partial charge is 0.468 e. The molecule has 0 N–H and O–H groups in total. The Kier molecular flexibility index (Phi) is 4.37. The van der Waals surface area contributed by atoms with Gasteiger partial charge in [-0.1, -0.05) is 30.3 Å². The third kappa shape index (κ3) is 2.90. The first-order valence-electron chi connectivity index (χ1n) is 7.29. The van der Waals surface area contributed by atoms with Crippen LogP contribution >= 0.6 is 0 Å². The van der Waals surface area contributed by atoms with Crippen molar-refractivity contribution in [1.82, 2.24) is 4.31 Å². The van der Waals surface area contributed by atoms with Gasteiger partial charge in [-0.15, -0.1) is 0 Å². The highest BCUT2D eigenvalue weighted by Gasteiger charge is 2.58. The van der Waals surface area contributed by atoms with Crippen molar-refractivity contribution >= 4 is 16.0 Å². The van der Waals surface area contributed by atoms with Crippen molar-refractivity contribution < 1.29 is 17.9 Å².